The lowest BCUT2D eigenvalue weighted by Gasteiger charge is -2.07. The van der Waals surface area contributed by atoms with Crippen LogP contribution >= 0.6 is 0 Å². The molecule has 0 atom stereocenters. The summed E-state index contributed by atoms with van der Waals surface area (Å²) < 4.78 is 5.72. The first kappa shape index (κ1) is 15.6. The summed E-state index contributed by atoms with van der Waals surface area (Å²) in [6.07, 6.45) is 3.30. The molecule has 3 aromatic rings. The van der Waals surface area contributed by atoms with Crippen LogP contribution in [0.5, 0.6) is 11.5 Å². The molecule has 0 bridgehead atoms. The van der Waals surface area contributed by atoms with Gasteiger partial charge in [0.15, 0.2) is 0 Å². The van der Waals surface area contributed by atoms with Gasteiger partial charge in [0.25, 0.3) is 0 Å². The lowest BCUT2D eigenvalue weighted by atomic mass is 10.2. The maximum absolute atomic E-state index is 11.9. The normalized spacial score (nSPS) is 10.5. The fraction of sp³-hybridized carbons (Fsp3) is 0. The predicted octanol–water partition coefficient (Wildman–Crippen LogP) is 5.13. The van der Waals surface area contributed by atoms with Gasteiger partial charge in [-0.2, -0.15) is 0 Å². The van der Waals surface area contributed by atoms with Crippen molar-refractivity contribution in [2.24, 2.45) is 0 Å². The largest absolute Gasteiger partial charge is 0.457 e. The highest BCUT2D eigenvalue weighted by molar-refractivity contribution is 6.01. The zero-order chi connectivity index (χ0) is 16.6. The SMILES string of the molecule is O=C(/C=C/c1ccccc1)Nc1ccc(Oc2ccccc2)cc1. The number of rotatable bonds is 5. The molecule has 1 amide bonds. The Kier molecular flexibility index (Phi) is 5.05. The molecule has 3 heteroatoms. The van der Waals surface area contributed by atoms with Gasteiger partial charge in [0.05, 0.1) is 0 Å². The molecular formula is C21H17NO2. The summed E-state index contributed by atoms with van der Waals surface area (Å²) in [5.74, 6) is 1.33. The number of para-hydroxylation sites is 1. The Morgan fingerprint density at radius 2 is 1.33 bits per heavy atom. The summed E-state index contributed by atoms with van der Waals surface area (Å²) in [5, 5.41) is 2.82. The van der Waals surface area contributed by atoms with Crippen molar-refractivity contribution in [2.45, 2.75) is 0 Å². The first-order valence-corrected chi connectivity index (χ1v) is 7.67. The number of anilines is 1. The fourth-order valence-electron chi connectivity index (χ4n) is 2.15. The molecule has 118 valence electrons. The van der Waals surface area contributed by atoms with Crippen LogP contribution in [0.15, 0.2) is 91.0 Å². The maximum atomic E-state index is 11.9. The van der Waals surface area contributed by atoms with Crippen LogP contribution in [0.1, 0.15) is 5.56 Å². The van der Waals surface area contributed by atoms with E-state index in [4.69, 9.17) is 4.74 Å². The number of ether oxygens (including phenoxy) is 1. The van der Waals surface area contributed by atoms with E-state index in [1.807, 2.05) is 84.9 Å². The average molecular weight is 315 g/mol. The van der Waals surface area contributed by atoms with E-state index in [-0.39, 0.29) is 5.91 Å². The van der Waals surface area contributed by atoms with Gasteiger partial charge in [-0.3, -0.25) is 4.79 Å². The summed E-state index contributed by atoms with van der Waals surface area (Å²) in [6.45, 7) is 0. The second-order valence-corrected chi connectivity index (χ2v) is 5.17. The Bertz CT molecular complexity index is 809. The molecule has 24 heavy (non-hydrogen) atoms. The van der Waals surface area contributed by atoms with E-state index in [0.717, 1.165) is 22.7 Å². The Labute approximate surface area is 141 Å². The number of benzene rings is 3. The zero-order valence-electron chi connectivity index (χ0n) is 13.1. The van der Waals surface area contributed by atoms with E-state index in [2.05, 4.69) is 5.32 Å². The molecule has 0 heterocycles. The van der Waals surface area contributed by atoms with Gasteiger partial charge < -0.3 is 10.1 Å². The molecule has 0 spiro atoms. The molecule has 0 radical (unpaired) electrons. The topological polar surface area (TPSA) is 38.3 Å². The van der Waals surface area contributed by atoms with Crippen LogP contribution in [0.25, 0.3) is 6.08 Å². The minimum absolute atomic E-state index is 0.171. The maximum Gasteiger partial charge on any atom is 0.248 e. The van der Waals surface area contributed by atoms with Crippen LogP contribution in [-0.4, -0.2) is 5.91 Å². The Morgan fingerprint density at radius 1 is 0.750 bits per heavy atom. The molecule has 0 aliphatic heterocycles. The minimum Gasteiger partial charge on any atom is -0.457 e. The van der Waals surface area contributed by atoms with Crippen LogP contribution in [0.4, 0.5) is 5.69 Å². The lowest BCUT2D eigenvalue weighted by molar-refractivity contribution is -0.111. The summed E-state index contributed by atoms with van der Waals surface area (Å²) in [5.41, 5.74) is 1.71. The Morgan fingerprint density at radius 3 is 2.00 bits per heavy atom. The van der Waals surface area contributed by atoms with Crippen molar-refractivity contribution in [1.29, 1.82) is 0 Å². The van der Waals surface area contributed by atoms with Crippen molar-refractivity contribution in [1.82, 2.24) is 0 Å². The van der Waals surface area contributed by atoms with Crippen molar-refractivity contribution in [2.75, 3.05) is 5.32 Å². The van der Waals surface area contributed by atoms with Crippen LogP contribution in [0, 0.1) is 0 Å². The number of carbonyl (C=O) groups excluding carboxylic acids is 1. The number of hydrogen-bond acceptors (Lipinski definition) is 2. The third-order valence-electron chi connectivity index (χ3n) is 3.33. The lowest BCUT2D eigenvalue weighted by Crippen LogP contribution is -2.07. The molecule has 0 aliphatic rings. The molecule has 0 aromatic heterocycles. The van der Waals surface area contributed by atoms with E-state index in [1.165, 1.54) is 6.08 Å². The first-order valence-electron chi connectivity index (χ1n) is 7.67. The number of nitrogens with one attached hydrogen (secondary N) is 1. The summed E-state index contributed by atoms with van der Waals surface area (Å²) in [7, 11) is 0. The van der Waals surface area contributed by atoms with Gasteiger partial charge in [-0.1, -0.05) is 48.5 Å². The summed E-state index contributed by atoms with van der Waals surface area (Å²) >= 11 is 0. The Balaban J connectivity index is 1.58. The third kappa shape index (κ3) is 4.58. The Hall–Kier alpha value is -3.33. The minimum atomic E-state index is -0.171. The van der Waals surface area contributed by atoms with Gasteiger partial charge in [0.1, 0.15) is 11.5 Å². The third-order valence-corrected chi connectivity index (χ3v) is 3.33. The molecule has 3 nitrogen and oxygen atoms in total. The molecular weight excluding hydrogens is 298 g/mol. The highest BCUT2D eigenvalue weighted by Crippen LogP contribution is 2.22. The molecule has 0 aliphatic carbocycles. The molecule has 0 fully saturated rings. The van der Waals surface area contributed by atoms with Gasteiger partial charge >= 0.3 is 0 Å². The predicted molar refractivity (Wildman–Crippen MR) is 97.1 cm³/mol. The summed E-state index contributed by atoms with van der Waals surface area (Å²) in [4.78, 5) is 11.9. The smallest absolute Gasteiger partial charge is 0.248 e. The number of hydrogen-bond donors (Lipinski definition) is 1. The molecule has 3 rings (SSSR count). The number of carbonyl (C=O) groups is 1. The van der Waals surface area contributed by atoms with Crippen molar-refractivity contribution >= 4 is 17.7 Å². The highest BCUT2D eigenvalue weighted by atomic mass is 16.5. The van der Waals surface area contributed by atoms with Crippen molar-refractivity contribution < 1.29 is 9.53 Å². The molecule has 1 N–H and O–H groups in total. The first-order chi connectivity index (χ1) is 11.8. The van der Waals surface area contributed by atoms with Gasteiger partial charge in [0, 0.05) is 11.8 Å². The fourth-order valence-corrected chi connectivity index (χ4v) is 2.15. The summed E-state index contributed by atoms with van der Waals surface area (Å²) in [6, 6.07) is 26.5. The van der Waals surface area contributed by atoms with Crippen molar-refractivity contribution in [3.8, 4) is 11.5 Å². The second-order valence-electron chi connectivity index (χ2n) is 5.17. The zero-order valence-corrected chi connectivity index (χ0v) is 13.1. The molecule has 3 aromatic carbocycles. The van der Waals surface area contributed by atoms with E-state index in [9.17, 15) is 4.79 Å². The van der Waals surface area contributed by atoms with Gasteiger partial charge in [-0.15, -0.1) is 0 Å². The van der Waals surface area contributed by atoms with E-state index in [1.54, 1.807) is 6.08 Å². The van der Waals surface area contributed by atoms with Crippen molar-refractivity contribution in [3.05, 3.63) is 96.6 Å². The number of amides is 1. The van der Waals surface area contributed by atoms with Crippen molar-refractivity contribution in [3.63, 3.8) is 0 Å². The van der Waals surface area contributed by atoms with E-state index in [0.29, 0.717) is 0 Å². The van der Waals surface area contributed by atoms with E-state index < -0.39 is 0 Å². The van der Waals surface area contributed by atoms with Crippen LogP contribution < -0.4 is 10.1 Å². The van der Waals surface area contributed by atoms with Crippen LogP contribution in [0.2, 0.25) is 0 Å². The van der Waals surface area contributed by atoms with Crippen LogP contribution in [0.3, 0.4) is 0 Å². The second kappa shape index (κ2) is 7.79. The van der Waals surface area contributed by atoms with Gasteiger partial charge in [-0.25, -0.2) is 0 Å². The standard InChI is InChI=1S/C21H17NO2/c23-21(16-11-17-7-3-1-4-8-17)22-18-12-14-20(15-13-18)24-19-9-5-2-6-10-19/h1-16H,(H,22,23)/b16-11+. The van der Waals surface area contributed by atoms with Gasteiger partial charge in [0.2, 0.25) is 5.91 Å². The molecule has 0 unspecified atom stereocenters. The highest BCUT2D eigenvalue weighted by Gasteiger charge is 2.00. The monoisotopic (exact) mass is 315 g/mol. The molecule has 0 saturated heterocycles. The van der Waals surface area contributed by atoms with E-state index >= 15 is 0 Å². The van der Waals surface area contributed by atoms with Gasteiger partial charge in [-0.05, 0) is 48.0 Å². The molecule has 0 saturated carbocycles. The van der Waals surface area contributed by atoms with Crippen LogP contribution in [-0.2, 0) is 4.79 Å². The average Bonchev–Trinajstić information content (AvgIpc) is 2.63. The quantitative estimate of drug-likeness (QED) is 0.663.